The highest BCUT2D eigenvalue weighted by Gasteiger charge is 2.39. The fourth-order valence-corrected chi connectivity index (χ4v) is 2.71. The molecule has 2 rings (SSSR count). The van der Waals surface area contributed by atoms with Crippen molar-refractivity contribution >= 4 is 23.3 Å². The maximum absolute atomic E-state index is 12.3. The molecule has 108 valence electrons. The Bertz CT molecular complexity index is 551. The van der Waals surface area contributed by atoms with Crippen molar-refractivity contribution in [2.24, 2.45) is 10.9 Å². The van der Waals surface area contributed by atoms with E-state index in [1.54, 1.807) is 18.2 Å². The SMILES string of the molecule is Cc1cc(C(=O)NC2(/C(N)=N/O)CCCC2)ccc1Cl. The molecule has 0 unspecified atom stereocenters. The zero-order chi connectivity index (χ0) is 14.8. The van der Waals surface area contributed by atoms with E-state index in [9.17, 15) is 4.79 Å². The highest BCUT2D eigenvalue weighted by Crippen LogP contribution is 2.30. The molecule has 0 atom stereocenters. The molecule has 1 amide bonds. The van der Waals surface area contributed by atoms with Crippen LogP contribution in [0.2, 0.25) is 5.02 Å². The molecule has 1 aromatic carbocycles. The zero-order valence-electron chi connectivity index (χ0n) is 11.3. The predicted molar refractivity (Wildman–Crippen MR) is 78.3 cm³/mol. The molecular weight excluding hydrogens is 278 g/mol. The van der Waals surface area contributed by atoms with E-state index in [4.69, 9.17) is 22.5 Å². The minimum atomic E-state index is -0.737. The maximum Gasteiger partial charge on any atom is 0.252 e. The Morgan fingerprint density at radius 1 is 1.45 bits per heavy atom. The number of nitrogens with two attached hydrogens (primary N) is 1. The van der Waals surface area contributed by atoms with Crippen LogP contribution in [-0.2, 0) is 0 Å². The number of aryl methyl sites for hydroxylation is 1. The summed E-state index contributed by atoms with van der Waals surface area (Å²) < 4.78 is 0. The van der Waals surface area contributed by atoms with Crippen molar-refractivity contribution in [2.45, 2.75) is 38.1 Å². The van der Waals surface area contributed by atoms with Crippen molar-refractivity contribution in [1.82, 2.24) is 5.32 Å². The van der Waals surface area contributed by atoms with Gasteiger partial charge in [-0.2, -0.15) is 0 Å². The summed E-state index contributed by atoms with van der Waals surface area (Å²) in [4.78, 5) is 12.3. The van der Waals surface area contributed by atoms with Crippen LogP contribution in [0.25, 0.3) is 0 Å². The van der Waals surface area contributed by atoms with Crippen molar-refractivity contribution in [1.29, 1.82) is 0 Å². The Labute approximate surface area is 122 Å². The molecule has 0 bridgehead atoms. The molecular formula is C14H18ClN3O2. The summed E-state index contributed by atoms with van der Waals surface area (Å²) in [7, 11) is 0. The van der Waals surface area contributed by atoms with Crippen LogP contribution >= 0.6 is 11.6 Å². The van der Waals surface area contributed by atoms with Gasteiger partial charge >= 0.3 is 0 Å². The van der Waals surface area contributed by atoms with Gasteiger partial charge in [-0.15, -0.1) is 0 Å². The fraction of sp³-hybridized carbons (Fsp3) is 0.429. The van der Waals surface area contributed by atoms with Gasteiger partial charge in [-0.25, -0.2) is 0 Å². The van der Waals surface area contributed by atoms with Crippen molar-refractivity contribution in [3.63, 3.8) is 0 Å². The van der Waals surface area contributed by atoms with Gasteiger partial charge in [0.2, 0.25) is 0 Å². The van der Waals surface area contributed by atoms with E-state index >= 15 is 0 Å². The van der Waals surface area contributed by atoms with E-state index in [2.05, 4.69) is 10.5 Å². The number of rotatable bonds is 3. The molecule has 0 spiro atoms. The van der Waals surface area contributed by atoms with Gasteiger partial charge in [0.25, 0.3) is 5.91 Å². The number of carbonyl (C=O) groups is 1. The van der Waals surface area contributed by atoms with Crippen molar-refractivity contribution in [2.75, 3.05) is 0 Å². The number of nitrogens with one attached hydrogen (secondary N) is 1. The van der Waals surface area contributed by atoms with E-state index < -0.39 is 5.54 Å². The molecule has 1 aliphatic carbocycles. The van der Waals surface area contributed by atoms with Crippen LogP contribution in [-0.4, -0.2) is 22.5 Å². The molecule has 20 heavy (non-hydrogen) atoms. The minimum absolute atomic E-state index is 0.0639. The van der Waals surface area contributed by atoms with Gasteiger partial charge in [-0.3, -0.25) is 4.79 Å². The van der Waals surface area contributed by atoms with Gasteiger partial charge in [-0.05, 0) is 43.5 Å². The lowest BCUT2D eigenvalue weighted by Crippen LogP contribution is -2.55. The van der Waals surface area contributed by atoms with Gasteiger partial charge in [0.1, 0.15) is 5.54 Å². The number of oxime groups is 1. The van der Waals surface area contributed by atoms with Crippen LogP contribution in [0.5, 0.6) is 0 Å². The van der Waals surface area contributed by atoms with Crippen LogP contribution in [0, 0.1) is 6.92 Å². The van der Waals surface area contributed by atoms with Crippen LogP contribution in [0.1, 0.15) is 41.6 Å². The standard InChI is InChI=1S/C14H18ClN3O2/c1-9-8-10(4-5-11(9)15)12(19)17-14(13(16)18-20)6-2-3-7-14/h4-5,8,20H,2-3,6-7H2,1H3,(H2,16,18)(H,17,19). The van der Waals surface area contributed by atoms with E-state index in [1.807, 2.05) is 6.92 Å². The molecule has 0 aromatic heterocycles. The lowest BCUT2D eigenvalue weighted by molar-refractivity contribution is 0.0922. The molecule has 1 aliphatic rings. The largest absolute Gasteiger partial charge is 0.409 e. The number of halogens is 1. The third-order valence-corrected chi connectivity index (χ3v) is 4.25. The third kappa shape index (κ3) is 2.72. The zero-order valence-corrected chi connectivity index (χ0v) is 12.1. The normalized spacial score (nSPS) is 18.0. The molecule has 0 heterocycles. The van der Waals surface area contributed by atoms with Crippen molar-refractivity contribution in [3.05, 3.63) is 34.3 Å². The van der Waals surface area contributed by atoms with Gasteiger partial charge < -0.3 is 16.3 Å². The Hall–Kier alpha value is -1.75. The van der Waals surface area contributed by atoms with Crippen LogP contribution in [0.15, 0.2) is 23.4 Å². The summed E-state index contributed by atoms with van der Waals surface area (Å²) in [5.74, 6) is -0.174. The lowest BCUT2D eigenvalue weighted by atomic mass is 9.95. The minimum Gasteiger partial charge on any atom is -0.409 e. The number of amides is 1. The van der Waals surface area contributed by atoms with Crippen LogP contribution in [0.3, 0.4) is 0 Å². The molecule has 5 nitrogen and oxygen atoms in total. The van der Waals surface area contributed by atoms with Gasteiger partial charge in [0, 0.05) is 10.6 Å². The Kier molecular flexibility index (Phi) is 4.18. The Morgan fingerprint density at radius 2 is 2.10 bits per heavy atom. The van der Waals surface area contributed by atoms with Gasteiger partial charge in [0.15, 0.2) is 5.84 Å². The summed E-state index contributed by atoms with van der Waals surface area (Å²) in [6, 6.07) is 5.09. The Morgan fingerprint density at radius 3 is 2.65 bits per heavy atom. The molecule has 0 aliphatic heterocycles. The average molecular weight is 296 g/mol. The van der Waals surface area contributed by atoms with Crippen LogP contribution in [0.4, 0.5) is 0 Å². The molecule has 6 heteroatoms. The molecule has 1 aromatic rings. The molecule has 1 saturated carbocycles. The summed E-state index contributed by atoms with van der Waals surface area (Å²) in [6.07, 6.45) is 3.24. The highest BCUT2D eigenvalue weighted by atomic mass is 35.5. The number of hydrogen-bond donors (Lipinski definition) is 3. The van der Waals surface area contributed by atoms with Crippen LogP contribution < -0.4 is 11.1 Å². The second-order valence-corrected chi connectivity index (χ2v) is 5.60. The number of nitrogens with zero attached hydrogens (tertiary/aromatic N) is 1. The first-order valence-electron chi connectivity index (χ1n) is 6.55. The number of amidine groups is 1. The molecule has 4 N–H and O–H groups in total. The smallest absolute Gasteiger partial charge is 0.252 e. The topological polar surface area (TPSA) is 87.7 Å². The first-order valence-corrected chi connectivity index (χ1v) is 6.93. The summed E-state index contributed by atoms with van der Waals surface area (Å²) in [5.41, 5.74) is 6.38. The average Bonchev–Trinajstić information content (AvgIpc) is 2.90. The van der Waals surface area contributed by atoms with E-state index in [-0.39, 0.29) is 11.7 Å². The number of benzene rings is 1. The first kappa shape index (κ1) is 14.7. The number of hydrogen-bond acceptors (Lipinski definition) is 3. The Balaban J connectivity index is 2.23. The second kappa shape index (κ2) is 5.71. The van der Waals surface area contributed by atoms with Crippen molar-refractivity contribution < 1.29 is 10.0 Å². The van der Waals surface area contributed by atoms with E-state index in [0.717, 1.165) is 18.4 Å². The van der Waals surface area contributed by atoms with E-state index in [0.29, 0.717) is 23.4 Å². The summed E-state index contributed by atoms with van der Waals surface area (Å²) >= 11 is 5.95. The predicted octanol–water partition coefficient (Wildman–Crippen LogP) is 2.44. The summed E-state index contributed by atoms with van der Waals surface area (Å²) in [5, 5.41) is 15.5. The highest BCUT2D eigenvalue weighted by molar-refractivity contribution is 6.31. The molecule has 1 fully saturated rings. The second-order valence-electron chi connectivity index (χ2n) is 5.19. The number of carbonyl (C=O) groups excluding carboxylic acids is 1. The maximum atomic E-state index is 12.3. The molecule has 0 saturated heterocycles. The quantitative estimate of drug-likeness (QED) is 0.346. The first-order chi connectivity index (χ1) is 9.48. The van der Waals surface area contributed by atoms with Crippen molar-refractivity contribution in [3.8, 4) is 0 Å². The summed E-state index contributed by atoms with van der Waals surface area (Å²) in [6.45, 7) is 1.84. The van der Waals surface area contributed by atoms with Gasteiger partial charge in [0.05, 0.1) is 0 Å². The molecule has 0 radical (unpaired) electrons. The lowest BCUT2D eigenvalue weighted by Gasteiger charge is -2.28. The third-order valence-electron chi connectivity index (χ3n) is 3.83. The monoisotopic (exact) mass is 295 g/mol. The van der Waals surface area contributed by atoms with E-state index in [1.165, 1.54) is 0 Å². The fourth-order valence-electron chi connectivity index (χ4n) is 2.59. The van der Waals surface area contributed by atoms with Gasteiger partial charge in [-0.1, -0.05) is 29.6 Å².